The van der Waals surface area contributed by atoms with Crippen LogP contribution < -0.4 is 17.2 Å². The van der Waals surface area contributed by atoms with Crippen LogP contribution in [0.3, 0.4) is 0 Å². The molecule has 9 nitrogen and oxygen atoms in total. The molecule has 1 heterocycles. The van der Waals surface area contributed by atoms with Crippen molar-refractivity contribution >= 4 is 17.8 Å². The lowest BCUT2D eigenvalue weighted by Gasteiger charge is -2.62. The average Bonchev–Trinajstić information content (AvgIpc) is 3.39. The minimum atomic E-state index is -0.894. The Morgan fingerprint density at radius 3 is 2.41 bits per heavy atom. The number of nitriles is 1. The Hall–Kier alpha value is -2.18. The lowest BCUT2D eigenvalue weighted by molar-refractivity contribution is -0.207. The number of esters is 1. The lowest BCUT2D eigenvalue weighted by atomic mass is 9.46. The van der Waals surface area contributed by atoms with E-state index in [2.05, 4.69) is 6.07 Å². The summed E-state index contributed by atoms with van der Waals surface area (Å²) in [6.45, 7) is 0. The number of likely N-dealkylation sites (tertiary alicyclic amines) is 1. The number of rotatable bonds is 7. The summed E-state index contributed by atoms with van der Waals surface area (Å²) in [5.41, 5.74) is 16.8. The molecule has 6 rings (SSSR count). The Labute approximate surface area is 188 Å². The van der Waals surface area contributed by atoms with Crippen molar-refractivity contribution in [1.82, 2.24) is 4.90 Å². The van der Waals surface area contributed by atoms with Gasteiger partial charge in [0.15, 0.2) is 0 Å². The van der Waals surface area contributed by atoms with Gasteiger partial charge in [-0.15, -0.1) is 0 Å². The highest BCUT2D eigenvalue weighted by atomic mass is 16.6. The van der Waals surface area contributed by atoms with Gasteiger partial charge in [0.1, 0.15) is 17.7 Å². The molecule has 0 aromatic rings. The molecule has 5 saturated carbocycles. The number of carbonyl (C=O) groups is 3. The van der Waals surface area contributed by atoms with Crippen molar-refractivity contribution in [3.8, 4) is 6.07 Å². The van der Waals surface area contributed by atoms with Crippen LogP contribution in [0, 0.1) is 34.5 Å². The van der Waals surface area contributed by atoms with Crippen LogP contribution in [0.5, 0.6) is 0 Å². The normalized spacial score (nSPS) is 42.7. The lowest BCUT2D eigenvalue weighted by Crippen LogP contribution is -2.66. The van der Waals surface area contributed by atoms with Gasteiger partial charge in [0.25, 0.3) is 0 Å². The van der Waals surface area contributed by atoms with E-state index < -0.39 is 35.0 Å². The molecule has 7 atom stereocenters. The Balaban J connectivity index is 1.33. The second-order valence-corrected chi connectivity index (χ2v) is 11.2. The first-order chi connectivity index (χ1) is 15.2. The van der Waals surface area contributed by atoms with Gasteiger partial charge in [-0.25, -0.2) is 0 Å². The molecule has 9 heteroatoms. The maximum Gasteiger partial charge on any atom is 0.323 e. The van der Waals surface area contributed by atoms with Gasteiger partial charge >= 0.3 is 5.97 Å². The summed E-state index contributed by atoms with van der Waals surface area (Å²) in [6, 6.07) is 0.495. The van der Waals surface area contributed by atoms with Crippen molar-refractivity contribution in [3.05, 3.63) is 0 Å². The number of ether oxygens (including phenoxy) is 1. The highest BCUT2D eigenvalue weighted by molar-refractivity contribution is 5.84. The van der Waals surface area contributed by atoms with E-state index in [1.165, 1.54) is 0 Å². The molecule has 1 aliphatic heterocycles. The minimum Gasteiger partial charge on any atom is -0.458 e. The standard InChI is InChI=1S/C23H33N5O4/c24-10-15-4-14-5-17(14)28(15)20(30)19(27)22-6-12-3-13(7-22)9-23(8-12,11-22)32-21(31)16(25)1-2-18(26)29/h12-17,19H,1-9,11,25,27H2,(H2,26,29)/t12?,13?,14-,15+,16+,17?,19-,22?,23?/m1/s1. The van der Waals surface area contributed by atoms with E-state index in [1.54, 1.807) is 4.90 Å². The molecule has 4 bridgehead atoms. The Kier molecular flexibility index (Phi) is 5.02. The smallest absolute Gasteiger partial charge is 0.323 e. The van der Waals surface area contributed by atoms with Gasteiger partial charge in [-0.2, -0.15) is 5.26 Å². The second-order valence-electron chi connectivity index (χ2n) is 11.2. The van der Waals surface area contributed by atoms with Crippen molar-refractivity contribution in [3.63, 3.8) is 0 Å². The van der Waals surface area contributed by atoms with E-state index >= 15 is 0 Å². The van der Waals surface area contributed by atoms with Gasteiger partial charge in [-0.3, -0.25) is 14.4 Å². The number of nitrogens with two attached hydrogens (primary N) is 3. The number of nitrogens with zero attached hydrogens (tertiary/aromatic N) is 2. The zero-order chi connectivity index (χ0) is 22.8. The predicted octanol–water partition coefficient (Wildman–Crippen LogP) is 0.302. The molecule has 174 valence electrons. The number of primary amides is 1. The molecule has 0 spiro atoms. The van der Waals surface area contributed by atoms with E-state index in [1.807, 2.05) is 0 Å². The minimum absolute atomic E-state index is 0.0376. The van der Waals surface area contributed by atoms with Crippen LogP contribution in [0.1, 0.15) is 64.2 Å². The van der Waals surface area contributed by atoms with Crippen LogP contribution in [0.4, 0.5) is 0 Å². The number of hydrogen-bond acceptors (Lipinski definition) is 7. The van der Waals surface area contributed by atoms with Gasteiger partial charge in [-0.1, -0.05) is 0 Å². The van der Waals surface area contributed by atoms with E-state index in [0.29, 0.717) is 24.2 Å². The van der Waals surface area contributed by atoms with Gasteiger partial charge in [0, 0.05) is 12.5 Å². The van der Waals surface area contributed by atoms with E-state index in [4.69, 9.17) is 21.9 Å². The molecule has 1 saturated heterocycles. The van der Waals surface area contributed by atoms with E-state index in [9.17, 15) is 19.6 Å². The Morgan fingerprint density at radius 2 is 1.78 bits per heavy atom. The molecular weight excluding hydrogens is 410 g/mol. The second kappa shape index (κ2) is 7.42. The van der Waals surface area contributed by atoms with Crippen LogP contribution >= 0.6 is 0 Å². The largest absolute Gasteiger partial charge is 0.458 e. The molecule has 0 aromatic heterocycles. The SMILES string of the molecule is N#C[C@@H]1C[C@@H]2CC2N1C(=O)[C@@H](N)C12CC3CC(CC(OC(=O)[C@@H](N)CCC(N)=O)(C3)C1)C2. The summed E-state index contributed by atoms with van der Waals surface area (Å²) in [5, 5.41) is 9.53. The maximum absolute atomic E-state index is 13.5. The topological polar surface area (TPSA) is 166 Å². The van der Waals surface area contributed by atoms with Crippen LogP contribution in [-0.2, 0) is 19.1 Å². The van der Waals surface area contributed by atoms with E-state index in [0.717, 1.165) is 44.9 Å². The maximum atomic E-state index is 13.5. The predicted molar refractivity (Wildman–Crippen MR) is 113 cm³/mol. The van der Waals surface area contributed by atoms with Crippen LogP contribution in [-0.4, -0.2) is 52.5 Å². The van der Waals surface area contributed by atoms with Gasteiger partial charge in [0.05, 0.1) is 12.1 Å². The molecule has 0 aromatic carbocycles. The van der Waals surface area contributed by atoms with E-state index in [-0.39, 0.29) is 30.8 Å². The number of piperidine rings is 1. The highest BCUT2D eigenvalue weighted by Gasteiger charge is 2.64. The summed E-state index contributed by atoms with van der Waals surface area (Å²) in [5.74, 6) is 0.0622. The summed E-state index contributed by atoms with van der Waals surface area (Å²) in [6.07, 6.45) is 6.83. The third-order valence-corrected chi connectivity index (χ3v) is 8.81. The quantitative estimate of drug-likeness (QED) is 0.476. The third-order valence-electron chi connectivity index (χ3n) is 8.81. The van der Waals surface area contributed by atoms with Gasteiger partial charge in [-0.05, 0) is 81.0 Å². The first-order valence-corrected chi connectivity index (χ1v) is 11.9. The summed E-state index contributed by atoms with van der Waals surface area (Å²) < 4.78 is 6.05. The molecule has 32 heavy (non-hydrogen) atoms. The van der Waals surface area contributed by atoms with Gasteiger partial charge in [0.2, 0.25) is 11.8 Å². The molecule has 3 unspecified atom stereocenters. The Morgan fingerprint density at radius 1 is 1.09 bits per heavy atom. The first-order valence-electron chi connectivity index (χ1n) is 11.9. The molecule has 5 aliphatic carbocycles. The number of carbonyl (C=O) groups excluding carboxylic acids is 3. The van der Waals surface area contributed by atoms with Crippen molar-refractivity contribution < 1.29 is 19.1 Å². The molecule has 6 N–H and O–H groups in total. The van der Waals surface area contributed by atoms with Crippen molar-refractivity contribution in [2.24, 2.45) is 40.4 Å². The van der Waals surface area contributed by atoms with Crippen molar-refractivity contribution in [2.75, 3.05) is 0 Å². The zero-order valence-corrected chi connectivity index (χ0v) is 18.4. The van der Waals surface area contributed by atoms with Crippen LogP contribution in [0.25, 0.3) is 0 Å². The summed E-state index contributed by atoms with van der Waals surface area (Å²) >= 11 is 0. The van der Waals surface area contributed by atoms with Crippen LogP contribution in [0.15, 0.2) is 0 Å². The molecule has 6 aliphatic rings. The Bertz CT molecular complexity index is 870. The zero-order valence-electron chi connectivity index (χ0n) is 18.4. The van der Waals surface area contributed by atoms with Gasteiger partial charge < -0.3 is 26.8 Å². The summed E-state index contributed by atoms with van der Waals surface area (Å²) in [7, 11) is 0. The molecule has 6 fully saturated rings. The number of hydrogen-bond donors (Lipinski definition) is 3. The summed E-state index contributed by atoms with van der Waals surface area (Å²) in [4.78, 5) is 39.1. The first kappa shape index (κ1) is 21.7. The highest BCUT2D eigenvalue weighted by Crippen LogP contribution is 2.64. The van der Waals surface area contributed by atoms with Crippen molar-refractivity contribution in [2.45, 2.75) is 94.0 Å². The molecular formula is C23H33N5O4. The number of fused-ring (bicyclic) bond motifs is 1. The third kappa shape index (κ3) is 3.48. The van der Waals surface area contributed by atoms with Crippen molar-refractivity contribution in [1.29, 1.82) is 5.26 Å². The fourth-order valence-electron chi connectivity index (χ4n) is 7.75. The fraction of sp³-hybridized carbons (Fsp3) is 0.826. The monoisotopic (exact) mass is 443 g/mol. The van der Waals surface area contributed by atoms with Crippen LogP contribution in [0.2, 0.25) is 0 Å². The molecule has 2 amide bonds. The fourth-order valence-corrected chi connectivity index (χ4v) is 7.75. The number of amides is 2. The molecule has 0 radical (unpaired) electrons. The average molecular weight is 444 g/mol.